The van der Waals surface area contributed by atoms with Gasteiger partial charge in [-0.1, -0.05) is 27.5 Å². The molecule has 2 N–H and O–H groups in total. The van der Waals surface area contributed by atoms with Crippen LogP contribution in [0.1, 0.15) is 13.8 Å². The number of benzene rings is 1. The zero-order chi connectivity index (χ0) is 12.3. The van der Waals surface area contributed by atoms with Gasteiger partial charge in [-0.25, -0.2) is 0 Å². The number of likely N-dealkylation sites (N-methyl/N-ethyl adjacent to an activating group) is 1. The predicted octanol–water partition coefficient (Wildman–Crippen LogP) is 3.04. The number of carbonyl (C=O) groups excluding carboxylic acids is 1. The molecular weight excluding hydrogens is 291 g/mol. The third-order valence-corrected chi connectivity index (χ3v) is 3.19. The second kappa shape index (κ2) is 5.17. The Morgan fingerprint density at radius 3 is 2.62 bits per heavy atom. The number of hydrogen-bond donors (Lipinski definition) is 2. The molecule has 0 aliphatic rings. The third kappa shape index (κ3) is 3.20. The van der Waals surface area contributed by atoms with Crippen LogP contribution in [0.3, 0.4) is 0 Å². The Morgan fingerprint density at radius 2 is 2.06 bits per heavy atom. The lowest BCUT2D eigenvalue weighted by Gasteiger charge is -2.23. The highest BCUT2D eigenvalue weighted by Crippen LogP contribution is 2.26. The van der Waals surface area contributed by atoms with Gasteiger partial charge in [-0.15, -0.1) is 0 Å². The van der Waals surface area contributed by atoms with E-state index in [2.05, 4.69) is 26.6 Å². The van der Waals surface area contributed by atoms with Gasteiger partial charge < -0.3 is 10.6 Å². The van der Waals surface area contributed by atoms with Crippen molar-refractivity contribution in [3.63, 3.8) is 0 Å². The van der Waals surface area contributed by atoms with Gasteiger partial charge in [0.1, 0.15) is 0 Å². The van der Waals surface area contributed by atoms with Gasteiger partial charge in [0.15, 0.2) is 0 Å². The van der Waals surface area contributed by atoms with Crippen molar-refractivity contribution in [3.8, 4) is 0 Å². The van der Waals surface area contributed by atoms with Crippen LogP contribution in [0.4, 0.5) is 5.69 Å². The number of nitrogens with one attached hydrogen (secondary N) is 2. The number of rotatable bonds is 3. The van der Waals surface area contributed by atoms with Crippen molar-refractivity contribution in [3.05, 3.63) is 27.7 Å². The van der Waals surface area contributed by atoms with Crippen molar-refractivity contribution < 1.29 is 4.79 Å². The number of halogens is 2. The van der Waals surface area contributed by atoms with Crippen LogP contribution in [0.15, 0.2) is 22.7 Å². The Labute approximate surface area is 109 Å². The van der Waals surface area contributed by atoms with Crippen molar-refractivity contribution in [2.24, 2.45) is 0 Å². The Hall–Kier alpha value is -0.580. The van der Waals surface area contributed by atoms with Crippen LogP contribution in [-0.2, 0) is 4.79 Å². The molecule has 0 aromatic heterocycles. The summed E-state index contributed by atoms with van der Waals surface area (Å²) in [6.45, 7) is 3.60. The van der Waals surface area contributed by atoms with E-state index in [1.807, 2.05) is 6.07 Å². The van der Waals surface area contributed by atoms with E-state index in [1.54, 1.807) is 33.0 Å². The van der Waals surface area contributed by atoms with E-state index in [4.69, 9.17) is 11.6 Å². The summed E-state index contributed by atoms with van der Waals surface area (Å²) < 4.78 is 0.870. The van der Waals surface area contributed by atoms with Crippen LogP contribution in [0.2, 0.25) is 5.02 Å². The number of hydrogen-bond acceptors (Lipinski definition) is 2. The highest BCUT2D eigenvalue weighted by Gasteiger charge is 2.25. The van der Waals surface area contributed by atoms with Crippen molar-refractivity contribution in [2.45, 2.75) is 19.4 Å². The summed E-state index contributed by atoms with van der Waals surface area (Å²) in [5.74, 6) is -0.130. The molecule has 0 bridgehead atoms. The van der Waals surface area contributed by atoms with Crippen LogP contribution in [0.25, 0.3) is 0 Å². The van der Waals surface area contributed by atoms with Crippen LogP contribution >= 0.6 is 27.5 Å². The SMILES string of the molecule is CNC(C)(C)C(=O)Nc1cc(Br)ccc1Cl. The van der Waals surface area contributed by atoms with E-state index in [9.17, 15) is 4.79 Å². The number of carbonyl (C=O) groups is 1. The Balaban J connectivity index is 2.89. The summed E-state index contributed by atoms with van der Waals surface area (Å²) in [4.78, 5) is 11.9. The minimum atomic E-state index is -0.633. The molecule has 16 heavy (non-hydrogen) atoms. The van der Waals surface area contributed by atoms with Gasteiger partial charge in [-0.05, 0) is 39.1 Å². The van der Waals surface area contributed by atoms with E-state index in [0.717, 1.165) is 4.47 Å². The van der Waals surface area contributed by atoms with Gasteiger partial charge in [0.2, 0.25) is 5.91 Å². The molecule has 1 aromatic rings. The van der Waals surface area contributed by atoms with Crippen molar-refractivity contribution in [2.75, 3.05) is 12.4 Å². The molecule has 3 nitrogen and oxygen atoms in total. The molecule has 1 aromatic carbocycles. The average Bonchev–Trinajstić information content (AvgIpc) is 2.23. The highest BCUT2D eigenvalue weighted by molar-refractivity contribution is 9.10. The fraction of sp³-hybridized carbons (Fsp3) is 0.364. The standard InChI is InChI=1S/C11H14BrClN2O/c1-11(2,14-3)10(16)15-9-6-7(12)4-5-8(9)13/h4-6,14H,1-3H3,(H,15,16). The maximum Gasteiger partial charge on any atom is 0.244 e. The first-order valence-corrected chi connectivity index (χ1v) is 5.99. The normalized spacial score (nSPS) is 11.3. The summed E-state index contributed by atoms with van der Waals surface area (Å²) >= 11 is 9.31. The summed E-state index contributed by atoms with van der Waals surface area (Å²) in [5, 5.41) is 6.22. The second-order valence-corrected chi connectivity index (χ2v) is 5.28. The number of anilines is 1. The van der Waals surface area contributed by atoms with Crippen LogP contribution in [0.5, 0.6) is 0 Å². The first kappa shape index (κ1) is 13.5. The van der Waals surface area contributed by atoms with Crippen LogP contribution in [0, 0.1) is 0 Å². The quantitative estimate of drug-likeness (QED) is 0.901. The molecule has 0 heterocycles. The van der Waals surface area contributed by atoms with Gasteiger partial charge >= 0.3 is 0 Å². The Bertz CT molecular complexity index is 407. The lowest BCUT2D eigenvalue weighted by atomic mass is 10.1. The zero-order valence-electron chi connectivity index (χ0n) is 9.40. The minimum absolute atomic E-state index is 0.130. The van der Waals surface area contributed by atoms with E-state index in [-0.39, 0.29) is 5.91 Å². The zero-order valence-corrected chi connectivity index (χ0v) is 11.7. The fourth-order valence-corrected chi connectivity index (χ4v) is 1.51. The molecule has 0 aliphatic heterocycles. The first-order valence-electron chi connectivity index (χ1n) is 4.82. The lowest BCUT2D eigenvalue weighted by Crippen LogP contribution is -2.47. The minimum Gasteiger partial charge on any atom is -0.323 e. The predicted molar refractivity (Wildman–Crippen MR) is 70.9 cm³/mol. The van der Waals surface area contributed by atoms with Gasteiger partial charge in [0, 0.05) is 4.47 Å². The lowest BCUT2D eigenvalue weighted by molar-refractivity contribution is -0.121. The second-order valence-electron chi connectivity index (χ2n) is 3.95. The molecule has 1 amide bonds. The molecule has 0 saturated heterocycles. The average molecular weight is 306 g/mol. The fourth-order valence-electron chi connectivity index (χ4n) is 0.985. The Morgan fingerprint density at radius 1 is 1.44 bits per heavy atom. The van der Waals surface area contributed by atoms with Crippen LogP contribution < -0.4 is 10.6 Å². The van der Waals surface area contributed by atoms with Crippen molar-refractivity contribution >= 4 is 39.1 Å². The van der Waals surface area contributed by atoms with Crippen molar-refractivity contribution in [1.82, 2.24) is 5.32 Å². The van der Waals surface area contributed by atoms with Crippen molar-refractivity contribution in [1.29, 1.82) is 0 Å². The van der Waals surface area contributed by atoms with E-state index >= 15 is 0 Å². The summed E-state index contributed by atoms with van der Waals surface area (Å²) in [6.07, 6.45) is 0. The largest absolute Gasteiger partial charge is 0.323 e. The molecule has 0 fully saturated rings. The van der Waals surface area contributed by atoms with E-state index in [0.29, 0.717) is 10.7 Å². The van der Waals surface area contributed by atoms with Gasteiger partial charge in [-0.2, -0.15) is 0 Å². The van der Waals surface area contributed by atoms with E-state index in [1.165, 1.54) is 0 Å². The first-order chi connectivity index (χ1) is 7.36. The summed E-state index contributed by atoms with van der Waals surface area (Å²) in [5.41, 5.74) is -0.0320. The van der Waals surface area contributed by atoms with Gasteiger partial charge in [0.25, 0.3) is 0 Å². The number of amides is 1. The molecule has 88 valence electrons. The van der Waals surface area contributed by atoms with Crippen LogP contribution in [-0.4, -0.2) is 18.5 Å². The maximum atomic E-state index is 11.9. The summed E-state index contributed by atoms with van der Waals surface area (Å²) in [7, 11) is 1.74. The molecule has 0 aliphatic carbocycles. The summed E-state index contributed by atoms with van der Waals surface area (Å²) in [6, 6.07) is 5.32. The molecule has 5 heteroatoms. The van der Waals surface area contributed by atoms with Gasteiger partial charge in [0.05, 0.1) is 16.2 Å². The maximum absolute atomic E-state index is 11.9. The molecule has 0 atom stereocenters. The highest BCUT2D eigenvalue weighted by atomic mass is 79.9. The molecule has 0 unspecified atom stereocenters. The third-order valence-electron chi connectivity index (χ3n) is 2.37. The molecule has 0 radical (unpaired) electrons. The Kier molecular flexibility index (Phi) is 4.35. The topological polar surface area (TPSA) is 41.1 Å². The molecule has 0 saturated carbocycles. The molecule has 0 spiro atoms. The monoisotopic (exact) mass is 304 g/mol. The smallest absolute Gasteiger partial charge is 0.244 e. The molecular formula is C11H14BrClN2O. The molecule has 1 rings (SSSR count). The van der Waals surface area contributed by atoms with Gasteiger partial charge in [-0.3, -0.25) is 4.79 Å². The van der Waals surface area contributed by atoms with E-state index < -0.39 is 5.54 Å².